The molecule has 2 aliphatic heterocycles. The van der Waals surface area contributed by atoms with Crippen molar-refractivity contribution in [2.24, 2.45) is 0 Å². The highest BCUT2D eigenvalue weighted by atomic mass is 32.1. The minimum Gasteiger partial charge on any atom is -0.378 e. The van der Waals surface area contributed by atoms with Crippen LogP contribution in [0.25, 0.3) is 0 Å². The Morgan fingerprint density at radius 1 is 1.16 bits per heavy atom. The van der Waals surface area contributed by atoms with Gasteiger partial charge in [0.1, 0.15) is 0 Å². The van der Waals surface area contributed by atoms with E-state index >= 15 is 0 Å². The van der Waals surface area contributed by atoms with Gasteiger partial charge in [-0.1, -0.05) is 6.07 Å². The van der Waals surface area contributed by atoms with Crippen molar-refractivity contribution in [2.45, 2.75) is 13.0 Å². The number of rotatable bonds is 4. The first-order chi connectivity index (χ1) is 12.1. The van der Waals surface area contributed by atoms with E-state index in [-0.39, 0.29) is 18.0 Å². The molecule has 1 N–H and O–H groups in total. The molecule has 138 valence electrons. The number of urea groups is 1. The Hall–Kier alpha value is -1.64. The van der Waals surface area contributed by atoms with Gasteiger partial charge in [0.05, 0.1) is 25.8 Å². The van der Waals surface area contributed by atoms with Crippen LogP contribution in [0.3, 0.4) is 0 Å². The highest BCUT2D eigenvalue weighted by Crippen LogP contribution is 2.18. The summed E-state index contributed by atoms with van der Waals surface area (Å²) in [6, 6.07) is 4.16. The maximum absolute atomic E-state index is 12.5. The summed E-state index contributed by atoms with van der Waals surface area (Å²) in [7, 11) is 0. The molecule has 7 nitrogen and oxygen atoms in total. The number of nitrogens with one attached hydrogen (secondary N) is 1. The fraction of sp³-hybridized carbons (Fsp3) is 0.647. The molecule has 0 saturated carbocycles. The summed E-state index contributed by atoms with van der Waals surface area (Å²) in [5.74, 6) is 0.0360. The summed E-state index contributed by atoms with van der Waals surface area (Å²) >= 11 is 1.65. The number of piperazine rings is 1. The molecule has 0 aromatic carbocycles. The average molecular weight is 366 g/mol. The van der Waals surface area contributed by atoms with Gasteiger partial charge in [0.15, 0.2) is 0 Å². The van der Waals surface area contributed by atoms with Crippen LogP contribution in [0.5, 0.6) is 0 Å². The van der Waals surface area contributed by atoms with Gasteiger partial charge in [0.2, 0.25) is 5.91 Å². The van der Waals surface area contributed by atoms with E-state index in [0.717, 1.165) is 18.0 Å². The molecule has 2 aliphatic rings. The van der Waals surface area contributed by atoms with Crippen LogP contribution in [-0.2, 0) is 9.53 Å². The van der Waals surface area contributed by atoms with Gasteiger partial charge in [0.25, 0.3) is 0 Å². The predicted octanol–water partition coefficient (Wildman–Crippen LogP) is 0.995. The largest absolute Gasteiger partial charge is 0.378 e. The number of morpholine rings is 1. The normalized spacial score (nSPS) is 20.4. The number of thiophene rings is 1. The van der Waals surface area contributed by atoms with E-state index in [1.54, 1.807) is 11.3 Å². The van der Waals surface area contributed by atoms with Gasteiger partial charge in [-0.15, -0.1) is 11.3 Å². The number of hydrogen-bond acceptors (Lipinski definition) is 5. The number of amides is 3. The van der Waals surface area contributed by atoms with Gasteiger partial charge >= 0.3 is 6.03 Å². The van der Waals surface area contributed by atoms with Crippen LogP contribution < -0.4 is 5.32 Å². The lowest BCUT2D eigenvalue weighted by Crippen LogP contribution is -2.55. The van der Waals surface area contributed by atoms with Gasteiger partial charge in [0, 0.05) is 44.1 Å². The molecule has 1 aromatic rings. The summed E-state index contributed by atoms with van der Waals surface area (Å²) < 4.78 is 5.29. The molecule has 1 atom stereocenters. The quantitative estimate of drug-likeness (QED) is 0.863. The monoisotopic (exact) mass is 366 g/mol. The average Bonchev–Trinajstić information content (AvgIpc) is 3.17. The summed E-state index contributed by atoms with van der Waals surface area (Å²) in [5.41, 5.74) is 0. The van der Waals surface area contributed by atoms with Crippen molar-refractivity contribution in [2.75, 3.05) is 59.0 Å². The van der Waals surface area contributed by atoms with Crippen LogP contribution in [0, 0.1) is 0 Å². The molecule has 0 aliphatic carbocycles. The first-order valence-corrected chi connectivity index (χ1v) is 9.68. The molecule has 3 amide bonds. The molecular formula is C17H26N4O3S. The third kappa shape index (κ3) is 4.93. The van der Waals surface area contributed by atoms with E-state index in [2.05, 4.69) is 10.2 Å². The number of nitrogens with zero attached hydrogens (tertiary/aromatic N) is 3. The lowest BCUT2D eigenvalue weighted by molar-refractivity contribution is -0.123. The van der Waals surface area contributed by atoms with Gasteiger partial charge in [-0.05, 0) is 18.4 Å². The molecule has 3 rings (SSSR count). The summed E-state index contributed by atoms with van der Waals surface area (Å²) in [5, 5.41) is 5.06. The minimum absolute atomic E-state index is 0.0360. The molecule has 3 heterocycles. The van der Waals surface area contributed by atoms with Crippen LogP contribution in [0.2, 0.25) is 0 Å². The topological polar surface area (TPSA) is 65.1 Å². The van der Waals surface area contributed by atoms with Crippen molar-refractivity contribution in [3.8, 4) is 0 Å². The van der Waals surface area contributed by atoms with Crippen molar-refractivity contribution in [1.82, 2.24) is 20.0 Å². The smallest absolute Gasteiger partial charge is 0.320 e. The predicted molar refractivity (Wildman–Crippen MR) is 96.7 cm³/mol. The number of carbonyl (C=O) groups excluding carboxylic acids is 2. The highest BCUT2D eigenvalue weighted by molar-refractivity contribution is 7.10. The first-order valence-electron chi connectivity index (χ1n) is 8.80. The van der Waals surface area contributed by atoms with E-state index < -0.39 is 0 Å². The molecule has 25 heavy (non-hydrogen) atoms. The fourth-order valence-electron chi connectivity index (χ4n) is 3.15. The van der Waals surface area contributed by atoms with Crippen molar-refractivity contribution in [3.05, 3.63) is 22.4 Å². The third-order valence-electron chi connectivity index (χ3n) is 4.64. The molecule has 0 bridgehead atoms. The van der Waals surface area contributed by atoms with Crippen molar-refractivity contribution in [3.63, 3.8) is 0 Å². The fourth-order valence-corrected chi connectivity index (χ4v) is 3.89. The van der Waals surface area contributed by atoms with Crippen molar-refractivity contribution < 1.29 is 14.3 Å². The zero-order chi connectivity index (χ0) is 17.6. The number of hydrogen-bond donors (Lipinski definition) is 1. The molecular weight excluding hydrogens is 340 g/mol. The second-order valence-corrected chi connectivity index (χ2v) is 7.43. The Bertz CT molecular complexity index is 566. The van der Waals surface area contributed by atoms with E-state index in [1.165, 1.54) is 0 Å². The van der Waals surface area contributed by atoms with Gasteiger partial charge in [-0.25, -0.2) is 4.79 Å². The molecule has 2 fully saturated rings. The lowest BCUT2D eigenvalue weighted by atomic mass is 10.2. The van der Waals surface area contributed by atoms with Crippen LogP contribution >= 0.6 is 11.3 Å². The van der Waals surface area contributed by atoms with Crippen molar-refractivity contribution in [1.29, 1.82) is 0 Å². The Kier molecular flexibility index (Phi) is 6.28. The van der Waals surface area contributed by atoms with Gasteiger partial charge in [-0.2, -0.15) is 0 Å². The zero-order valence-electron chi connectivity index (χ0n) is 14.6. The Balaban J connectivity index is 1.40. The number of ether oxygens (including phenoxy) is 1. The maximum atomic E-state index is 12.5. The second kappa shape index (κ2) is 8.64. The molecule has 0 radical (unpaired) electrons. The molecule has 1 unspecified atom stereocenters. The molecule has 8 heteroatoms. The molecule has 0 spiro atoms. The molecule has 1 aromatic heterocycles. The standard InChI is InChI=1S/C17H26N4O3S/c1-14(15-3-2-12-25-15)18-16(22)13-19-4-6-20(7-5-19)17(23)21-8-10-24-11-9-21/h2-3,12,14H,4-11,13H2,1H3,(H,18,22). The Morgan fingerprint density at radius 2 is 1.84 bits per heavy atom. The minimum atomic E-state index is 0.0360. The first kappa shape index (κ1) is 18.2. The van der Waals surface area contributed by atoms with Crippen LogP contribution in [0.1, 0.15) is 17.8 Å². The molecule has 2 saturated heterocycles. The Morgan fingerprint density at radius 3 is 2.48 bits per heavy atom. The van der Waals surface area contributed by atoms with Gasteiger partial charge < -0.3 is 19.9 Å². The highest BCUT2D eigenvalue weighted by Gasteiger charge is 2.27. The summed E-state index contributed by atoms with van der Waals surface area (Å²) in [6.07, 6.45) is 0. The number of carbonyl (C=O) groups is 2. The third-order valence-corrected chi connectivity index (χ3v) is 5.69. The Labute approximate surface area is 152 Å². The maximum Gasteiger partial charge on any atom is 0.320 e. The zero-order valence-corrected chi connectivity index (χ0v) is 15.5. The summed E-state index contributed by atoms with van der Waals surface area (Å²) in [4.78, 5) is 31.7. The van der Waals surface area contributed by atoms with E-state index in [0.29, 0.717) is 45.9 Å². The lowest BCUT2D eigenvalue weighted by Gasteiger charge is -2.38. The van der Waals surface area contributed by atoms with Crippen LogP contribution in [-0.4, -0.2) is 85.7 Å². The van der Waals surface area contributed by atoms with Crippen LogP contribution in [0.15, 0.2) is 17.5 Å². The van der Waals surface area contributed by atoms with Crippen molar-refractivity contribution >= 4 is 23.3 Å². The van der Waals surface area contributed by atoms with E-state index in [1.807, 2.05) is 34.2 Å². The van der Waals surface area contributed by atoms with Gasteiger partial charge in [-0.3, -0.25) is 9.69 Å². The van der Waals surface area contributed by atoms with E-state index in [9.17, 15) is 9.59 Å². The second-order valence-electron chi connectivity index (χ2n) is 6.45. The SMILES string of the molecule is CC(NC(=O)CN1CCN(C(=O)N2CCOCC2)CC1)c1cccs1. The van der Waals surface area contributed by atoms with Crippen LogP contribution in [0.4, 0.5) is 4.79 Å². The summed E-state index contributed by atoms with van der Waals surface area (Å²) in [6.45, 7) is 7.77. The van der Waals surface area contributed by atoms with E-state index in [4.69, 9.17) is 4.74 Å².